The molecular formula is C17H29NO4. The lowest BCUT2D eigenvalue weighted by molar-refractivity contribution is -0.142. The second-order valence-electron chi connectivity index (χ2n) is 7.16. The summed E-state index contributed by atoms with van der Waals surface area (Å²) in [6, 6.07) is -0.0836. The Balaban J connectivity index is 2.71. The highest BCUT2D eigenvalue weighted by Gasteiger charge is 2.49. The van der Waals surface area contributed by atoms with Gasteiger partial charge in [-0.3, -0.25) is 4.79 Å². The molecular weight excluding hydrogens is 282 g/mol. The van der Waals surface area contributed by atoms with E-state index in [1.165, 1.54) is 0 Å². The van der Waals surface area contributed by atoms with E-state index in [-0.39, 0.29) is 23.3 Å². The van der Waals surface area contributed by atoms with Crippen molar-refractivity contribution in [2.45, 2.75) is 71.9 Å². The molecule has 0 aromatic heterocycles. The van der Waals surface area contributed by atoms with Crippen LogP contribution in [0.15, 0.2) is 12.8 Å². The zero-order valence-electron chi connectivity index (χ0n) is 14.4. The van der Waals surface area contributed by atoms with Gasteiger partial charge >= 0.3 is 12.1 Å². The van der Waals surface area contributed by atoms with Crippen molar-refractivity contribution in [3.05, 3.63) is 12.8 Å². The molecule has 1 amide bonds. The molecule has 0 bridgehead atoms. The molecule has 1 aliphatic carbocycles. The first kappa shape index (κ1) is 18.5. The van der Waals surface area contributed by atoms with Gasteiger partial charge in [-0.25, -0.2) is 4.79 Å². The van der Waals surface area contributed by atoms with E-state index in [0.717, 1.165) is 25.5 Å². The minimum absolute atomic E-state index is 0.0830. The Morgan fingerprint density at radius 2 is 1.95 bits per heavy atom. The summed E-state index contributed by atoms with van der Waals surface area (Å²) in [5.74, 6) is -0.625. The topological polar surface area (TPSA) is 64.6 Å². The third kappa shape index (κ3) is 5.35. The number of rotatable bonds is 7. The summed E-state index contributed by atoms with van der Waals surface area (Å²) >= 11 is 0. The van der Waals surface area contributed by atoms with Gasteiger partial charge in [0.15, 0.2) is 0 Å². The Labute approximate surface area is 133 Å². The molecule has 5 heteroatoms. The Hall–Kier alpha value is -1.52. The maximum atomic E-state index is 12.1. The summed E-state index contributed by atoms with van der Waals surface area (Å²) in [5.41, 5.74) is -0.454. The Bertz CT molecular complexity index is 421. The van der Waals surface area contributed by atoms with E-state index in [1.807, 2.05) is 20.8 Å². The second-order valence-corrected chi connectivity index (χ2v) is 7.16. The van der Waals surface area contributed by atoms with Crippen molar-refractivity contribution in [2.75, 3.05) is 0 Å². The Morgan fingerprint density at radius 3 is 2.36 bits per heavy atom. The summed E-state index contributed by atoms with van der Waals surface area (Å²) in [6.07, 6.45) is 4.35. The summed E-state index contributed by atoms with van der Waals surface area (Å²) in [7, 11) is 0. The van der Waals surface area contributed by atoms with Crippen LogP contribution in [0.25, 0.3) is 0 Å². The fourth-order valence-electron chi connectivity index (χ4n) is 2.67. The van der Waals surface area contributed by atoms with Crippen molar-refractivity contribution in [1.29, 1.82) is 0 Å². The number of carbonyl (C=O) groups is 2. The third-order valence-electron chi connectivity index (χ3n) is 4.22. The molecule has 1 rings (SSSR count). The average Bonchev–Trinajstić information content (AvgIpc) is 3.16. The quantitative estimate of drug-likeness (QED) is 0.574. The van der Waals surface area contributed by atoms with Crippen LogP contribution in [-0.4, -0.2) is 23.7 Å². The summed E-state index contributed by atoms with van der Waals surface area (Å²) < 4.78 is 10.2. The van der Waals surface area contributed by atoms with Crippen LogP contribution in [0, 0.1) is 11.3 Å². The van der Waals surface area contributed by atoms with Gasteiger partial charge in [-0.2, -0.15) is 0 Å². The monoisotopic (exact) mass is 311 g/mol. The van der Waals surface area contributed by atoms with Gasteiger partial charge in [0.05, 0.1) is 12.2 Å². The van der Waals surface area contributed by atoms with E-state index >= 15 is 0 Å². The number of alkyl carbamates (subject to hydrolysis) is 1. The number of carbonyl (C=O) groups excluding carboxylic acids is 2. The first-order valence-electron chi connectivity index (χ1n) is 7.94. The van der Waals surface area contributed by atoms with E-state index in [0.29, 0.717) is 6.42 Å². The van der Waals surface area contributed by atoms with Crippen LogP contribution in [0.5, 0.6) is 0 Å². The largest absolute Gasteiger partial charge is 0.444 e. The first-order valence-corrected chi connectivity index (χ1v) is 7.94. The van der Waals surface area contributed by atoms with Crippen molar-refractivity contribution in [3.8, 4) is 0 Å². The molecule has 0 radical (unpaired) electrons. The normalized spacial score (nSPS) is 18.8. The molecule has 22 heavy (non-hydrogen) atoms. The van der Waals surface area contributed by atoms with Gasteiger partial charge in [0.2, 0.25) is 0 Å². The van der Waals surface area contributed by atoms with Gasteiger partial charge in [0.1, 0.15) is 5.60 Å². The SMILES string of the molecule is C=COC(=O)[C@@H](C)C[C@@H](NC(=O)OC(C)(C)C)C1(CC)CC1. The summed E-state index contributed by atoms with van der Waals surface area (Å²) in [4.78, 5) is 23.9. The number of ether oxygens (including phenoxy) is 2. The zero-order chi connectivity index (χ0) is 17.0. The maximum Gasteiger partial charge on any atom is 0.407 e. The van der Waals surface area contributed by atoms with Gasteiger partial charge in [0, 0.05) is 6.04 Å². The van der Waals surface area contributed by atoms with E-state index in [2.05, 4.69) is 18.8 Å². The van der Waals surface area contributed by atoms with Gasteiger partial charge in [-0.1, -0.05) is 20.4 Å². The highest BCUT2D eigenvalue weighted by molar-refractivity contribution is 5.73. The van der Waals surface area contributed by atoms with Crippen LogP contribution in [0.1, 0.15) is 60.3 Å². The highest BCUT2D eigenvalue weighted by Crippen LogP contribution is 2.53. The smallest absolute Gasteiger partial charge is 0.407 e. The molecule has 1 saturated carbocycles. The lowest BCUT2D eigenvalue weighted by Gasteiger charge is -2.30. The maximum absolute atomic E-state index is 12.1. The molecule has 5 nitrogen and oxygen atoms in total. The molecule has 0 spiro atoms. The van der Waals surface area contributed by atoms with Gasteiger partial charge in [0.25, 0.3) is 0 Å². The lowest BCUT2D eigenvalue weighted by atomic mass is 9.86. The van der Waals surface area contributed by atoms with Crippen LogP contribution >= 0.6 is 0 Å². The Kier molecular flexibility index (Phi) is 6.03. The predicted molar refractivity (Wildman–Crippen MR) is 85.2 cm³/mol. The van der Waals surface area contributed by atoms with E-state index < -0.39 is 11.7 Å². The van der Waals surface area contributed by atoms with Crippen molar-refractivity contribution in [3.63, 3.8) is 0 Å². The molecule has 2 atom stereocenters. The first-order chi connectivity index (χ1) is 10.1. The fraction of sp³-hybridized carbons (Fsp3) is 0.765. The fourth-order valence-corrected chi connectivity index (χ4v) is 2.67. The van der Waals surface area contributed by atoms with Crippen LogP contribution < -0.4 is 5.32 Å². The molecule has 0 aromatic carbocycles. The average molecular weight is 311 g/mol. The van der Waals surface area contributed by atoms with Gasteiger partial charge in [-0.15, -0.1) is 0 Å². The van der Waals surface area contributed by atoms with E-state index in [4.69, 9.17) is 9.47 Å². The minimum Gasteiger partial charge on any atom is -0.444 e. The van der Waals surface area contributed by atoms with E-state index in [9.17, 15) is 9.59 Å². The molecule has 1 fully saturated rings. The molecule has 0 aliphatic heterocycles. The van der Waals surface area contributed by atoms with Crippen LogP contribution in [0.4, 0.5) is 4.79 Å². The standard InChI is InChI=1S/C17H29NO4/c1-7-17(9-10-17)13(11-12(3)14(19)21-8-2)18-15(20)22-16(4,5)6/h8,12-13H,2,7,9-11H2,1,3-6H3,(H,18,20)/t12-,13+/m0/s1. The molecule has 0 saturated heterocycles. The molecule has 0 heterocycles. The summed E-state index contributed by atoms with van der Waals surface area (Å²) in [5, 5.41) is 2.96. The lowest BCUT2D eigenvalue weighted by Crippen LogP contribution is -2.45. The molecule has 126 valence electrons. The van der Waals surface area contributed by atoms with Gasteiger partial charge < -0.3 is 14.8 Å². The number of amides is 1. The molecule has 0 unspecified atom stereocenters. The van der Waals surface area contributed by atoms with Crippen LogP contribution in [0.3, 0.4) is 0 Å². The minimum atomic E-state index is -0.537. The predicted octanol–water partition coefficient (Wildman–Crippen LogP) is 3.78. The Morgan fingerprint density at radius 1 is 1.36 bits per heavy atom. The van der Waals surface area contributed by atoms with Crippen molar-refractivity contribution >= 4 is 12.1 Å². The highest BCUT2D eigenvalue weighted by atomic mass is 16.6. The van der Waals surface area contributed by atoms with Crippen molar-refractivity contribution < 1.29 is 19.1 Å². The van der Waals surface area contributed by atoms with Crippen molar-refractivity contribution in [2.24, 2.45) is 11.3 Å². The number of nitrogens with one attached hydrogen (secondary N) is 1. The number of hydrogen-bond acceptors (Lipinski definition) is 4. The molecule has 0 aromatic rings. The van der Waals surface area contributed by atoms with E-state index in [1.54, 1.807) is 6.92 Å². The third-order valence-corrected chi connectivity index (χ3v) is 4.22. The van der Waals surface area contributed by atoms with Gasteiger partial charge in [-0.05, 0) is 51.9 Å². The number of hydrogen-bond donors (Lipinski definition) is 1. The second kappa shape index (κ2) is 7.16. The molecule has 1 N–H and O–H groups in total. The summed E-state index contributed by atoms with van der Waals surface area (Å²) in [6.45, 7) is 12.8. The molecule has 1 aliphatic rings. The van der Waals surface area contributed by atoms with Crippen LogP contribution in [-0.2, 0) is 14.3 Å². The van der Waals surface area contributed by atoms with Crippen LogP contribution in [0.2, 0.25) is 0 Å². The number of esters is 1. The van der Waals surface area contributed by atoms with Crippen molar-refractivity contribution in [1.82, 2.24) is 5.32 Å². The zero-order valence-corrected chi connectivity index (χ0v) is 14.4.